The Morgan fingerprint density at radius 3 is 2.53 bits per heavy atom. The van der Waals surface area contributed by atoms with Gasteiger partial charge in [0.1, 0.15) is 5.75 Å². The van der Waals surface area contributed by atoms with Gasteiger partial charge in [-0.25, -0.2) is 0 Å². The minimum Gasteiger partial charge on any atom is -0.508 e. The Labute approximate surface area is 120 Å². The van der Waals surface area contributed by atoms with Crippen LogP contribution < -0.4 is 5.73 Å². The van der Waals surface area contributed by atoms with Crippen molar-refractivity contribution in [2.45, 2.75) is 35.7 Å². The van der Waals surface area contributed by atoms with Gasteiger partial charge >= 0.3 is 5.51 Å². The molecule has 2 rings (SSSR count). The molecule has 2 nitrogen and oxygen atoms in total. The molecule has 0 bridgehead atoms. The predicted octanol–water partition coefficient (Wildman–Crippen LogP) is 4.23. The minimum absolute atomic E-state index is 0. The van der Waals surface area contributed by atoms with E-state index < -0.39 is 11.6 Å². The Morgan fingerprint density at radius 1 is 1.37 bits per heavy atom. The Kier molecular flexibility index (Phi) is 5.41. The molecule has 1 aromatic rings. The first kappa shape index (κ1) is 16.5. The Hall–Kier alpha value is -0.590. The summed E-state index contributed by atoms with van der Waals surface area (Å²) in [5.41, 5.74) is 1.99. The maximum atomic E-state index is 12.3. The molecule has 108 valence electrons. The van der Waals surface area contributed by atoms with Gasteiger partial charge in [0.25, 0.3) is 0 Å². The highest BCUT2D eigenvalue weighted by Crippen LogP contribution is 2.41. The second-order valence-corrected chi connectivity index (χ2v) is 5.69. The van der Waals surface area contributed by atoms with Gasteiger partial charge in [-0.2, -0.15) is 13.2 Å². The number of alkyl halides is 3. The molecule has 7 heteroatoms. The second kappa shape index (κ2) is 6.24. The number of halogens is 4. The third kappa shape index (κ3) is 5.12. The molecule has 1 aliphatic rings. The van der Waals surface area contributed by atoms with E-state index in [9.17, 15) is 18.3 Å². The predicted molar refractivity (Wildman–Crippen MR) is 71.5 cm³/mol. The number of phenolic OH excluding ortho intramolecular Hbond substituents is 1. The molecule has 0 aliphatic heterocycles. The fourth-order valence-corrected chi connectivity index (χ4v) is 2.46. The molecule has 0 saturated heterocycles. The average molecular weight is 314 g/mol. The molecule has 1 saturated carbocycles. The van der Waals surface area contributed by atoms with Crippen LogP contribution >= 0.6 is 24.2 Å². The molecule has 0 radical (unpaired) electrons. The number of benzene rings is 1. The van der Waals surface area contributed by atoms with Crippen LogP contribution in [-0.4, -0.2) is 10.6 Å². The number of phenols is 1. The van der Waals surface area contributed by atoms with E-state index in [-0.39, 0.29) is 34.8 Å². The van der Waals surface area contributed by atoms with E-state index in [1.54, 1.807) is 0 Å². The van der Waals surface area contributed by atoms with Crippen LogP contribution in [0.5, 0.6) is 5.75 Å². The highest BCUT2D eigenvalue weighted by atomic mass is 35.5. The first-order chi connectivity index (χ1) is 8.35. The fourth-order valence-electron chi connectivity index (χ4n) is 1.87. The van der Waals surface area contributed by atoms with Crippen LogP contribution in [-0.2, 0) is 0 Å². The van der Waals surface area contributed by atoms with Crippen molar-refractivity contribution in [3.8, 4) is 5.75 Å². The van der Waals surface area contributed by atoms with Gasteiger partial charge in [-0.1, -0.05) is 12.8 Å². The molecule has 3 N–H and O–H groups in total. The number of hydrogen-bond donors (Lipinski definition) is 2. The summed E-state index contributed by atoms with van der Waals surface area (Å²) in [5, 5.41) is 9.67. The maximum Gasteiger partial charge on any atom is 0.446 e. The van der Waals surface area contributed by atoms with Gasteiger partial charge in [-0.3, -0.25) is 0 Å². The van der Waals surface area contributed by atoms with E-state index in [0.717, 1.165) is 12.8 Å². The zero-order chi connectivity index (χ0) is 13.3. The van der Waals surface area contributed by atoms with Crippen molar-refractivity contribution in [3.63, 3.8) is 0 Å². The van der Waals surface area contributed by atoms with E-state index in [2.05, 4.69) is 0 Å². The lowest BCUT2D eigenvalue weighted by Crippen LogP contribution is -2.11. The zero-order valence-corrected chi connectivity index (χ0v) is 11.6. The van der Waals surface area contributed by atoms with E-state index >= 15 is 0 Å². The Bertz CT molecular complexity index is 437. The lowest BCUT2D eigenvalue weighted by molar-refractivity contribution is -0.0328. The topological polar surface area (TPSA) is 46.2 Å². The van der Waals surface area contributed by atoms with Gasteiger partial charge in [0.15, 0.2) is 0 Å². The monoisotopic (exact) mass is 313 g/mol. The van der Waals surface area contributed by atoms with E-state index in [0.29, 0.717) is 17.9 Å². The largest absolute Gasteiger partial charge is 0.508 e. The van der Waals surface area contributed by atoms with Crippen LogP contribution in [0.4, 0.5) is 13.2 Å². The van der Waals surface area contributed by atoms with Crippen LogP contribution in [0, 0.1) is 5.92 Å². The van der Waals surface area contributed by atoms with E-state index in [4.69, 9.17) is 5.73 Å². The molecule has 19 heavy (non-hydrogen) atoms. The molecule has 0 spiro atoms. The highest BCUT2D eigenvalue weighted by molar-refractivity contribution is 8.00. The quantitative estimate of drug-likeness (QED) is 0.818. The molecule has 0 amide bonds. The van der Waals surface area contributed by atoms with Crippen molar-refractivity contribution in [2.24, 2.45) is 11.7 Å². The Balaban J connectivity index is 0.00000180. The van der Waals surface area contributed by atoms with Crippen molar-refractivity contribution in [2.75, 3.05) is 0 Å². The van der Waals surface area contributed by atoms with Crippen molar-refractivity contribution in [3.05, 3.63) is 23.8 Å². The van der Waals surface area contributed by atoms with Crippen LogP contribution in [0.1, 0.15) is 30.9 Å². The number of hydrogen-bond acceptors (Lipinski definition) is 3. The molecule has 0 unspecified atom stereocenters. The summed E-state index contributed by atoms with van der Waals surface area (Å²) in [6.45, 7) is 0. The van der Waals surface area contributed by atoms with Crippen molar-refractivity contribution in [1.29, 1.82) is 0 Å². The van der Waals surface area contributed by atoms with Crippen molar-refractivity contribution >= 4 is 24.2 Å². The first-order valence-electron chi connectivity index (χ1n) is 5.69. The standard InChI is InChI=1S/C12H14F3NOS.ClH/c13-12(14,15)18-8-3-4-11(17)9(6-8)10(16)5-7-1-2-7;/h3-4,6-7,10,17H,1-2,5,16H2;1H/t10-;/m1./s1. The Morgan fingerprint density at radius 2 is 2.00 bits per heavy atom. The summed E-state index contributed by atoms with van der Waals surface area (Å²) < 4.78 is 36.8. The molecule has 1 atom stereocenters. The summed E-state index contributed by atoms with van der Waals surface area (Å²) in [6, 6.07) is 3.46. The lowest BCUT2D eigenvalue weighted by atomic mass is 10.0. The third-order valence-corrected chi connectivity index (χ3v) is 3.64. The number of nitrogens with two attached hydrogens (primary N) is 1. The number of thioether (sulfide) groups is 1. The highest BCUT2D eigenvalue weighted by Gasteiger charge is 2.30. The van der Waals surface area contributed by atoms with Crippen LogP contribution in [0.3, 0.4) is 0 Å². The van der Waals surface area contributed by atoms with Gasteiger partial charge in [-0.15, -0.1) is 12.4 Å². The summed E-state index contributed by atoms with van der Waals surface area (Å²) in [5.74, 6) is 0.521. The van der Waals surface area contributed by atoms with Crippen molar-refractivity contribution < 1.29 is 18.3 Å². The number of rotatable bonds is 4. The van der Waals surface area contributed by atoms with Gasteiger partial charge in [-0.05, 0) is 42.3 Å². The van der Waals surface area contributed by atoms with Crippen LogP contribution in [0.15, 0.2) is 23.1 Å². The smallest absolute Gasteiger partial charge is 0.446 e. The molecular formula is C12H15ClF3NOS. The second-order valence-electron chi connectivity index (χ2n) is 4.55. The molecule has 1 aromatic carbocycles. The van der Waals surface area contributed by atoms with Crippen molar-refractivity contribution in [1.82, 2.24) is 0 Å². The summed E-state index contributed by atoms with van der Waals surface area (Å²) in [7, 11) is 0. The zero-order valence-electron chi connectivity index (χ0n) is 9.98. The molecule has 1 fully saturated rings. The average Bonchev–Trinajstić information content (AvgIpc) is 3.02. The van der Waals surface area contributed by atoms with Crippen LogP contribution in [0.25, 0.3) is 0 Å². The van der Waals surface area contributed by atoms with Gasteiger partial charge in [0, 0.05) is 16.5 Å². The van der Waals surface area contributed by atoms with Gasteiger partial charge in [0.2, 0.25) is 0 Å². The minimum atomic E-state index is -4.32. The molecule has 0 heterocycles. The summed E-state index contributed by atoms with van der Waals surface area (Å²) in [6.07, 6.45) is 2.95. The summed E-state index contributed by atoms with van der Waals surface area (Å²) in [4.78, 5) is 0.0570. The SMILES string of the molecule is Cl.N[C@H](CC1CC1)c1cc(SC(F)(F)F)ccc1O. The number of aromatic hydroxyl groups is 1. The van der Waals surface area contributed by atoms with Crippen LogP contribution in [0.2, 0.25) is 0 Å². The first-order valence-corrected chi connectivity index (χ1v) is 6.51. The molecular weight excluding hydrogens is 299 g/mol. The van der Waals surface area contributed by atoms with Gasteiger partial charge < -0.3 is 10.8 Å². The molecule has 0 aromatic heterocycles. The summed E-state index contributed by atoms with van der Waals surface area (Å²) >= 11 is -0.191. The normalized spacial score (nSPS) is 16.8. The lowest BCUT2D eigenvalue weighted by Gasteiger charge is -2.15. The van der Waals surface area contributed by atoms with Gasteiger partial charge in [0.05, 0.1) is 0 Å². The third-order valence-electron chi connectivity index (χ3n) is 2.92. The van der Waals surface area contributed by atoms with E-state index in [1.165, 1.54) is 18.2 Å². The van der Waals surface area contributed by atoms with E-state index in [1.807, 2.05) is 0 Å². The fraction of sp³-hybridized carbons (Fsp3) is 0.500. The molecule has 1 aliphatic carbocycles. The maximum absolute atomic E-state index is 12.3.